The molecule has 0 radical (unpaired) electrons. The maximum atomic E-state index is 13.7. The van der Waals surface area contributed by atoms with Crippen LogP contribution in [-0.2, 0) is 11.3 Å². The zero-order chi connectivity index (χ0) is 21.2. The van der Waals surface area contributed by atoms with Crippen LogP contribution in [0.1, 0.15) is 48.2 Å². The first-order valence-corrected chi connectivity index (χ1v) is 11.6. The molecule has 0 saturated carbocycles. The second-order valence-corrected chi connectivity index (χ2v) is 8.96. The van der Waals surface area contributed by atoms with Crippen LogP contribution >= 0.6 is 0 Å². The van der Waals surface area contributed by atoms with Gasteiger partial charge in [0.05, 0.1) is 6.61 Å². The number of hydrogen-bond donors (Lipinski definition) is 1. The van der Waals surface area contributed by atoms with Gasteiger partial charge in [0.2, 0.25) is 0 Å². The van der Waals surface area contributed by atoms with E-state index in [-0.39, 0.29) is 5.91 Å². The molecule has 2 saturated heterocycles. The number of nitrogens with one attached hydrogen (secondary N) is 1. The molecule has 2 atom stereocenters. The Morgan fingerprint density at radius 1 is 1.26 bits per heavy atom. The normalized spacial score (nSPS) is 22.7. The van der Waals surface area contributed by atoms with Gasteiger partial charge in [0.15, 0.2) is 0 Å². The van der Waals surface area contributed by atoms with Gasteiger partial charge in [-0.25, -0.2) is 0 Å². The number of carbonyl (C=O) groups excluding carboxylic acids is 1. The minimum atomic E-state index is 0.00159. The van der Waals surface area contributed by atoms with Crippen LogP contribution < -0.4 is 4.74 Å². The zero-order valence-corrected chi connectivity index (χ0v) is 18.3. The summed E-state index contributed by atoms with van der Waals surface area (Å²) in [7, 11) is 1.69. The van der Waals surface area contributed by atoms with E-state index in [1.165, 1.54) is 45.2 Å². The number of para-hydroxylation sites is 1. The molecule has 3 aliphatic rings. The molecule has 7 heteroatoms. The Labute approximate surface area is 183 Å². The molecule has 1 N–H and O–H groups in total. The molecule has 4 heterocycles. The van der Waals surface area contributed by atoms with Gasteiger partial charge >= 0.3 is 0 Å². The van der Waals surface area contributed by atoms with E-state index in [1.54, 1.807) is 7.11 Å². The first kappa shape index (κ1) is 20.5. The van der Waals surface area contributed by atoms with E-state index < -0.39 is 0 Å². The van der Waals surface area contributed by atoms with E-state index in [9.17, 15) is 4.79 Å². The third-order valence-electron chi connectivity index (χ3n) is 7.13. The van der Waals surface area contributed by atoms with Crippen molar-refractivity contribution in [2.75, 3.05) is 39.9 Å². The second-order valence-electron chi connectivity index (χ2n) is 8.96. The fourth-order valence-corrected chi connectivity index (χ4v) is 5.55. The van der Waals surface area contributed by atoms with Gasteiger partial charge in [0.1, 0.15) is 23.7 Å². The third kappa shape index (κ3) is 3.96. The number of aromatic amines is 1. The lowest BCUT2D eigenvalue weighted by molar-refractivity contribution is 0.0312. The summed E-state index contributed by atoms with van der Waals surface area (Å²) in [6.07, 6.45) is 6.26. The van der Waals surface area contributed by atoms with E-state index in [1.807, 2.05) is 29.2 Å². The molecule has 166 valence electrons. The summed E-state index contributed by atoms with van der Waals surface area (Å²) in [5, 5.41) is 7.54. The SMILES string of the molecule is COCCN(C[C@@H]1CCCN2CCCC[C@@H]12)C(=O)c1[nH]nc2c1COc1ccccc1-2. The molecule has 0 spiro atoms. The Hall–Kier alpha value is -2.38. The van der Waals surface area contributed by atoms with Crippen molar-refractivity contribution in [3.63, 3.8) is 0 Å². The van der Waals surface area contributed by atoms with Crippen molar-refractivity contribution in [3.8, 4) is 17.0 Å². The Kier molecular flexibility index (Phi) is 5.96. The van der Waals surface area contributed by atoms with E-state index in [4.69, 9.17) is 9.47 Å². The summed E-state index contributed by atoms with van der Waals surface area (Å²) >= 11 is 0. The topological polar surface area (TPSA) is 70.7 Å². The van der Waals surface area contributed by atoms with Crippen molar-refractivity contribution in [1.82, 2.24) is 20.0 Å². The van der Waals surface area contributed by atoms with Gasteiger partial charge in [-0.3, -0.25) is 9.89 Å². The van der Waals surface area contributed by atoms with Crippen LogP contribution in [0.2, 0.25) is 0 Å². The second kappa shape index (κ2) is 9.01. The van der Waals surface area contributed by atoms with Crippen LogP contribution in [0.5, 0.6) is 5.75 Å². The highest BCUT2D eigenvalue weighted by molar-refractivity contribution is 5.96. The smallest absolute Gasteiger partial charge is 0.272 e. The third-order valence-corrected chi connectivity index (χ3v) is 7.13. The number of nitrogens with zero attached hydrogens (tertiary/aromatic N) is 3. The highest BCUT2D eigenvalue weighted by Gasteiger charge is 2.36. The largest absolute Gasteiger partial charge is 0.488 e. The molecule has 1 aromatic heterocycles. The molecule has 7 nitrogen and oxygen atoms in total. The maximum absolute atomic E-state index is 13.7. The van der Waals surface area contributed by atoms with E-state index in [2.05, 4.69) is 15.1 Å². The molecule has 2 fully saturated rings. The fourth-order valence-electron chi connectivity index (χ4n) is 5.55. The van der Waals surface area contributed by atoms with Crippen molar-refractivity contribution < 1.29 is 14.3 Å². The standard InChI is InChI=1S/C24H32N4O3/c1-30-14-13-28(15-17-7-6-12-27-11-5-4-9-20(17)27)24(29)23-19-16-31-21-10-3-2-8-18(21)22(19)25-26-23/h2-3,8,10,17,20H,4-7,9,11-16H2,1H3,(H,25,26)/t17-,20-/m0/s1. The zero-order valence-electron chi connectivity index (χ0n) is 18.3. The van der Waals surface area contributed by atoms with Crippen LogP contribution in [0.4, 0.5) is 0 Å². The molecule has 1 amide bonds. The Morgan fingerprint density at radius 2 is 2.13 bits per heavy atom. The predicted molar refractivity (Wildman–Crippen MR) is 118 cm³/mol. The number of piperidine rings is 2. The van der Waals surface area contributed by atoms with Crippen LogP contribution in [0, 0.1) is 5.92 Å². The van der Waals surface area contributed by atoms with Crippen molar-refractivity contribution >= 4 is 5.91 Å². The van der Waals surface area contributed by atoms with Crippen LogP contribution in [0.15, 0.2) is 24.3 Å². The first-order valence-electron chi connectivity index (χ1n) is 11.6. The van der Waals surface area contributed by atoms with Gasteiger partial charge in [-0.05, 0) is 56.8 Å². The quantitative estimate of drug-likeness (QED) is 0.770. The Balaban J connectivity index is 1.38. The molecule has 0 aliphatic carbocycles. The first-order chi connectivity index (χ1) is 15.3. The average molecular weight is 425 g/mol. The van der Waals surface area contributed by atoms with Crippen molar-refractivity contribution in [1.29, 1.82) is 0 Å². The minimum Gasteiger partial charge on any atom is -0.488 e. The molecular weight excluding hydrogens is 392 g/mol. The monoisotopic (exact) mass is 424 g/mol. The highest BCUT2D eigenvalue weighted by Crippen LogP contribution is 2.37. The molecule has 0 unspecified atom stereocenters. The number of rotatable bonds is 6. The summed E-state index contributed by atoms with van der Waals surface area (Å²) < 4.78 is 11.3. The highest BCUT2D eigenvalue weighted by atomic mass is 16.5. The number of ether oxygens (including phenoxy) is 2. The number of methoxy groups -OCH3 is 1. The molecule has 31 heavy (non-hydrogen) atoms. The number of H-pyrrole nitrogens is 1. The van der Waals surface area contributed by atoms with Gasteiger partial charge in [-0.1, -0.05) is 18.6 Å². The lowest BCUT2D eigenvalue weighted by atomic mass is 9.83. The van der Waals surface area contributed by atoms with Crippen LogP contribution in [0.25, 0.3) is 11.3 Å². The summed E-state index contributed by atoms with van der Waals surface area (Å²) in [6.45, 7) is 4.67. The van der Waals surface area contributed by atoms with Gasteiger partial charge in [0, 0.05) is 37.4 Å². The summed E-state index contributed by atoms with van der Waals surface area (Å²) in [4.78, 5) is 18.3. The summed E-state index contributed by atoms with van der Waals surface area (Å²) in [5.41, 5.74) is 3.17. The summed E-state index contributed by atoms with van der Waals surface area (Å²) in [5.74, 6) is 1.34. The van der Waals surface area contributed by atoms with Crippen molar-refractivity contribution in [2.24, 2.45) is 5.92 Å². The number of fused-ring (bicyclic) bond motifs is 4. The van der Waals surface area contributed by atoms with Gasteiger partial charge in [-0.2, -0.15) is 5.10 Å². The average Bonchev–Trinajstić information content (AvgIpc) is 3.26. The van der Waals surface area contributed by atoms with Crippen LogP contribution in [0.3, 0.4) is 0 Å². The van der Waals surface area contributed by atoms with Gasteiger partial charge in [0.25, 0.3) is 5.91 Å². The van der Waals surface area contributed by atoms with Crippen molar-refractivity contribution in [2.45, 2.75) is 44.8 Å². The number of amides is 1. The number of carbonyl (C=O) groups is 1. The molecule has 3 aliphatic heterocycles. The minimum absolute atomic E-state index is 0.00159. The van der Waals surface area contributed by atoms with E-state index >= 15 is 0 Å². The molecule has 1 aromatic carbocycles. The lowest BCUT2D eigenvalue weighted by Gasteiger charge is -2.45. The Bertz CT molecular complexity index is 925. The predicted octanol–water partition coefficient (Wildman–Crippen LogP) is 3.32. The lowest BCUT2D eigenvalue weighted by Crippen LogP contribution is -2.52. The molecule has 5 rings (SSSR count). The maximum Gasteiger partial charge on any atom is 0.272 e. The van der Waals surface area contributed by atoms with E-state index in [0.717, 1.165) is 29.1 Å². The van der Waals surface area contributed by atoms with E-state index in [0.29, 0.717) is 37.4 Å². The molecule has 0 bridgehead atoms. The fraction of sp³-hybridized carbons (Fsp3) is 0.583. The van der Waals surface area contributed by atoms with Crippen LogP contribution in [-0.4, -0.2) is 71.8 Å². The Morgan fingerprint density at radius 3 is 3.03 bits per heavy atom. The molecule has 2 aromatic rings. The number of benzene rings is 1. The van der Waals surface area contributed by atoms with Gasteiger partial charge in [-0.15, -0.1) is 0 Å². The number of aromatic nitrogens is 2. The summed E-state index contributed by atoms with van der Waals surface area (Å²) in [6, 6.07) is 8.46. The van der Waals surface area contributed by atoms with Gasteiger partial charge < -0.3 is 19.3 Å². The van der Waals surface area contributed by atoms with Crippen molar-refractivity contribution in [3.05, 3.63) is 35.5 Å². The molecular formula is C24H32N4O3. The number of hydrogen-bond acceptors (Lipinski definition) is 5.